The highest BCUT2D eigenvalue weighted by atomic mass is 15.1. The lowest BCUT2D eigenvalue weighted by Gasteiger charge is -2.17. The monoisotopic (exact) mass is 247 g/mol. The molecule has 0 saturated carbocycles. The Hall–Kier alpha value is -1.19. The first kappa shape index (κ1) is 14.9. The smallest absolute Gasteiger partial charge is 0.0544 e. The Balaban J connectivity index is 2.51. The number of likely N-dealkylation sites (N-methyl/N-ethyl adjacent to an activating group) is 1. The van der Waals surface area contributed by atoms with Gasteiger partial charge in [0.15, 0.2) is 0 Å². The molecule has 0 atom stereocenters. The zero-order valence-electron chi connectivity index (χ0n) is 11.8. The molecule has 0 amide bonds. The zero-order chi connectivity index (χ0) is 13.4. The van der Waals surface area contributed by atoms with Crippen LogP contribution in [0.1, 0.15) is 32.0 Å². The Bertz CT molecular complexity index is 343. The Morgan fingerprint density at radius 2 is 2.22 bits per heavy atom. The Kier molecular flexibility index (Phi) is 6.61. The molecule has 1 heterocycles. The molecule has 0 aliphatic heterocycles. The fraction of sp³-hybridized carbons (Fsp3) is 0.533. The summed E-state index contributed by atoms with van der Waals surface area (Å²) < 4.78 is 0. The van der Waals surface area contributed by atoms with Gasteiger partial charge in [-0.05, 0) is 18.2 Å². The van der Waals surface area contributed by atoms with Gasteiger partial charge in [-0.2, -0.15) is 0 Å². The highest BCUT2D eigenvalue weighted by Gasteiger charge is 2.03. The highest BCUT2D eigenvalue weighted by Crippen LogP contribution is 2.04. The van der Waals surface area contributed by atoms with Crippen molar-refractivity contribution in [3.8, 4) is 0 Å². The molecule has 1 aromatic heterocycles. The predicted molar refractivity (Wildman–Crippen MR) is 77.4 cm³/mol. The van der Waals surface area contributed by atoms with Gasteiger partial charge in [-0.25, -0.2) is 0 Å². The van der Waals surface area contributed by atoms with Crippen molar-refractivity contribution in [2.45, 2.75) is 39.9 Å². The number of rotatable bonds is 8. The van der Waals surface area contributed by atoms with Crippen LogP contribution in [0.4, 0.5) is 0 Å². The summed E-state index contributed by atoms with van der Waals surface area (Å²) in [4.78, 5) is 6.82. The number of hydrogen-bond acceptors (Lipinski definition) is 3. The third kappa shape index (κ3) is 5.43. The summed E-state index contributed by atoms with van der Waals surface area (Å²) in [5.74, 6) is 0. The van der Waals surface area contributed by atoms with Gasteiger partial charge in [0.1, 0.15) is 0 Å². The molecule has 0 radical (unpaired) electrons. The van der Waals surface area contributed by atoms with Gasteiger partial charge in [0.25, 0.3) is 0 Å². The van der Waals surface area contributed by atoms with Crippen LogP contribution in [0, 0.1) is 0 Å². The molecule has 0 aliphatic carbocycles. The highest BCUT2D eigenvalue weighted by molar-refractivity contribution is 5.14. The van der Waals surface area contributed by atoms with Gasteiger partial charge in [0.05, 0.1) is 5.69 Å². The molecule has 0 fully saturated rings. The quantitative estimate of drug-likeness (QED) is 0.716. The van der Waals surface area contributed by atoms with Crippen molar-refractivity contribution in [3.05, 3.63) is 42.2 Å². The molecule has 0 aromatic carbocycles. The Labute approximate surface area is 111 Å². The van der Waals surface area contributed by atoms with Crippen molar-refractivity contribution >= 4 is 0 Å². The van der Waals surface area contributed by atoms with E-state index in [9.17, 15) is 0 Å². The van der Waals surface area contributed by atoms with Gasteiger partial charge in [0, 0.05) is 31.9 Å². The van der Waals surface area contributed by atoms with E-state index in [1.807, 2.05) is 12.3 Å². The molecular formula is C15H25N3. The molecule has 18 heavy (non-hydrogen) atoms. The van der Waals surface area contributed by atoms with Crippen LogP contribution in [-0.2, 0) is 13.1 Å². The van der Waals surface area contributed by atoms with Gasteiger partial charge >= 0.3 is 0 Å². The molecule has 0 unspecified atom stereocenters. The molecule has 1 aromatic rings. The molecule has 1 N–H and O–H groups in total. The lowest BCUT2D eigenvalue weighted by Crippen LogP contribution is -2.24. The van der Waals surface area contributed by atoms with E-state index in [-0.39, 0.29) is 0 Å². The van der Waals surface area contributed by atoms with E-state index < -0.39 is 0 Å². The maximum absolute atomic E-state index is 4.51. The number of aromatic nitrogens is 1. The van der Waals surface area contributed by atoms with Crippen LogP contribution < -0.4 is 5.32 Å². The van der Waals surface area contributed by atoms with Crippen LogP contribution >= 0.6 is 0 Å². The number of pyridine rings is 1. The number of nitrogens with zero attached hydrogens (tertiary/aromatic N) is 2. The second kappa shape index (κ2) is 8.01. The molecule has 0 aliphatic rings. The van der Waals surface area contributed by atoms with Gasteiger partial charge in [-0.3, -0.25) is 9.88 Å². The minimum absolute atomic E-state index is 0.507. The molecule has 0 spiro atoms. The van der Waals surface area contributed by atoms with E-state index in [0.29, 0.717) is 6.04 Å². The van der Waals surface area contributed by atoms with Gasteiger partial charge in [-0.1, -0.05) is 32.9 Å². The average Bonchev–Trinajstić information content (AvgIpc) is 2.37. The maximum atomic E-state index is 4.51. The molecule has 3 nitrogen and oxygen atoms in total. The first-order valence-electron chi connectivity index (χ1n) is 6.66. The van der Waals surface area contributed by atoms with Gasteiger partial charge in [0.2, 0.25) is 0 Å². The second-order valence-corrected chi connectivity index (χ2v) is 4.81. The van der Waals surface area contributed by atoms with Crippen molar-refractivity contribution < 1.29 is 0 Å². The molecule has 3 heteroatoms. The van der Waals surface area contributed by atoms with Crippen molar-refractivity contribution in [2.24, 2.45) is 0 Å². The zero-order valence-corrected chi connectivity index (χ0v) is 11.8. The lowest BCUT2D eigenvalue weighted by atomic mass is 10.2. The molecule has 1 rings (SSSR count). The topological polar surface area (TPSA) is 28.2 Å². The van der Waals surface area contributed by atoms with E-state index in [4.69, 9.17) is 0 Å². The third-order valence-corrected chi connectivity index (χ3v) is 2.82. The fourth-order valence-electron chi connectivity index (χ4n) is 1.69. The fourth-order valence-corrected chi connectivity index (χ4v) is 1.69. The summed E-state index contributed by atoms with van der Waals surface area (Å²) in [7, 11) is 0. The lowest BCUT2D eigenvalue weighted by molar-refractivity contribution is 0.307. The van der Waals surface area contributed by atoms with Crippen molar-refractivity contribution in [1.82, 2.24) is 15.2 Å². The van der Waals surface area contributed by atoms with E-state index in [0.717, 1.165) is 31.9 Å². The van der Waals surface area contributed by atoms with Crippen LogP contribution in [0.2, 0.25) is 0 Å². The predicted octanol–water partition coefficient (Wildman–Crippen LogP) is 2.59. The van der Waals surface area contributed by atoms with Crippen LogP contribution in [0.25, 0.3) is 0 Å². The first-order valence-corrected chi connectivity index (χ1v) is 6.66. The third-order valence-electron chi connectivity index (χ3n) is 2.82. The van der Waals surface area contributed by atoms with Crippen LogP contribution in [0.3, 0.4) is 0 Å². The summed E-state index contributed by atoms with van der Waals surface area (Å²) >= 11 is 0. The van der Waals surface area contributed by atoms with Crippen LogP contribution in [-0.4, -0.2) is 29.0 Å². The minimum atomic E-state index is 0.507. The number of hydrogen-bond donors (Lipinski definition) is 1. The molecule has 100 valence electrons. The van der Waals surface area contributed by atoms with Crippen LogP contribution in [0.5, 0.6) is 0 Å². The summed E-state index contributed by atoms with van der Waals surface area (Å²) in [5.41, 5.74) is 2.35. The largest absolute Gasteiger partial charge is 0.310 e. The minimum Gasteiger partial charge on any atom is -0.310 e. The van der Waals surface area contributed by atoms with Gasteiger partial charge in [-0.15, -0.1) is 6.58 Å². The SMILES string of the molecule is C=CCN(CC)Cc1ccc(CNC(C)C)cn1. The second-order valence-electron chi connectivity index (χ2n) is 4.81. The van der Waals surface area contributed by atoms with E-state index in [1.165, 1.54) is 5.56 Å². The Morgan fingerprint density at radius 1 is 1.44 bits per heavy atom. The van der Waals surface area contributed by atoms with E-state index in [1.54, 1.807) is 0 Å². The number of nitrogens with one attached hydrogen (secondary N) is 1. The Morgan fingerprint density at radius 3 is 2.72 bits per heavy atom. The van der Waals surface area contributed by atoms with Crippen molar-refractivity contribution in [2.75, 3.05) is 13.1 Å². The summed E-state index contributed by atoms with van der Waals surface area (Å²) in [6.07, 6.45) is 3.90. The first-order chi connectivity index (χ1) is 8.65. The van der Waals surface area contributed by atoms with Crippen molar-refractivity contribution in [3.63, 3.8) is 0 Å². The van der Waals surface area contributed by atoms with E-state index >= 15 is 0 Å². The van der Waals surface area contributed by atoms with Crippen LogP contribution in [0.15, 0.2) is 31.0 Å². The normalized spacial score (nSPS) is 11.2. The van der Waals surface area contributed by atoms with E-state index in [2.05, 4.69) is 54.7 Å². The average molecular weight is 247 g/mol. The summed E-state index contributed by atoms with van der Waals surface area (Å²) in [5, 5.41) is 3.39. The molecule has 0 bridgehead atoms. The summed E-state index contributed by atoms with van der Waals surface area (Å²) in [6, 6.07) is 4.77. The summed E-state index contributed by atoms with van der Waals surface area (Å²) in [6.45, 7) is 13.9. The maximum Gasteiger partial charge on any atom is 0.0544 e. The standard InChI is InChI=1S/C15H25N3/c1-5-9-18(6-2)12-15-8-7-14(11-17-15)10-16-13(3)4/h5,7-8,11,13,16H,1,6,9-10,12H2,2-4H3. The molecular weight excluding hydrogens is 222 g/mol. The van der Waals surface area contributed by atoms with Gasteiger partial charge < -0.3 is 5.32 Å². The molecule has 0 saturated heterocycles. The van der Waals surface area contributed by atoms with Crippen molar-refractivity contribution in [1.29, 1.82) is 0 Å².